The molecule has 0 amide bonds. The molecule has 0 heterocycles. The predicted molar refractivity (Wildman–Crippen MR) is 192 cm³/mol. The van der Waals surface area contributed by atoms with Crippen molar-refractivity contribution in [2.75, 3.05) is 0 Å². The Morgan fingerprint density at radius 1 is 0.304 bits per heavy atom. The minimum Gasteiger partial charge on any atom is -0.0619 e. The second-order valence-electron chi connectivity index (χ2n) is 12.9. The zero-order chi connectivity index (χ0) is 30.8. The molecule has 0 bridgehead atoms. The SMILES string of the molecule is Cc1cc(-c2ccc(C3c4ccccc4-c4ccccc43)cc2)c(C)cc1-c1ccc(C2c3ccccc3-c3ccccc32)cc1. The summed E-state index contributed by atoms with van der Waals surface area (Å²) in [4.78, 5) is 0. The molecule has 0 atom stereocenters. The van der Waals surface area contributed by atoms with Crippen molar-refractivity contribution in [3.05, 3.63) is 202 Å². The van der Waals surface area contributed by atoms with Gasteiger partial charge in [0.2, 0.25) is 0 Å². The molecule has 7 aromatic rings. The van der Waals surface area contributed by atoms with E-state index in [1.54, 1.807) is 0 Å². The van der Waals surface area contributed by atoms with Crippen molar-refractivity contribution in [3.8, 4) is 44.5 Å². The molecule has 9 rings (SSSR count). The van der Waals surface area contributed by atoms with Gasteiger partial charge in [0.1, 0.15) is 0 Å². The van der Waals surface area contributed by atoms with E-state index in [0.717, 1.165) is 0 Å². The average Bonchev–Trinajstić information content (AvgIpc) is 3.63. The second kappa shape index (κ2) is 10.6. The first kappa shape index (κ1) is 26.9. The van der Waals surface area contributed by atoms with Crippen LogP contribution in [0.3, 0.4) is 0 Å². The summed E-state index contributed by atoms with van der Waals surface area (Å²) < 4.78 is 0. The number of benzene rings is 7. The van der Waals surface area contributed by atoms with E-state index >= 15 is 0 Å². The number of fused-ring (bicyclic) bond motifs is 6. The third-order valence-electron chi connectivity index (χ3n) is 10.3. The van der Waals surface area contributed by atoms with Crippen molar-refractivity contribution in [3.63, 3.8) is 0 Å². The molecule has 218 valence electrons. The first-order valence-electron chi connectivity index (χ1n) is 16.3. The van der Waals surface area contributed by atoms with Gasteiger partial charge >= 0.3 is 0 Å². The lowest BCUT2D eigenvalue weighted by Gasteiger charge is -2.17. The molecule has 0 heteroatoms. The molecule has 0 saturated heterocycles. The van der Waals surface area contributed by atoms with Crippen LogP contribution < -0.4 is 0 Å². The summed E-state index contributed by atoms with van der Waals surface area (Å²) in [6.07, 6.45) is 0. The molecule has 0 aliphatic heterocycles. The molecular formula is C46H34. The summed E-state index contributed by atoms with van der Waals surface area (Å²) >= 11 is 0. The van der Waals surface area contributed by atoms with Gasteiger partial charge in [0, 0.05) is 11.8 Å². The Kier molecular flexibility index (Phi) is 6.18. The Morgan fingerprint density at radius 2 is 0.587 bits per heavy atom. The highest BCUT2D eigenvalue weighted by Crippen LogP contribution is 2.49. The smallest absolute Gasteiger partial charge is 0.0352 e. The van der Waals surface area contributed by atoms with Crippen molar-refractivity contribution < 1.29 is 0 Å². The maximum Gasteiger partial charge on any atom is 0.0352 e. The quantitative estimate of drug-likeness (QED) is 0.192. The maximum absolute atomic E-state index is 2.37. The highest BCUT2D eigenvalue weighted by Gasteiger charge is 2.30. The number of hydrogen-bond donors (Lipinski definition) is 0. The van der Waals surface area contributed by atoms with E-state index in [2.05, 4.69) is 172 Å². The summed E-state index contributed by atoms with van der Waals surface area (Å²) in [6.45, 7) is 4.49. The van der Waals surface area contributed by atoms with Crippen LogP contribution in [0.25, 0.3) is 44.5 Å². The number of aryl methyl sites for hydroxylation is 2. The Morgan fingerprint density at radius 3 is 0.891 bits per heavy atom. The van der Waals surface area contributed by atoms with Crippen LogP contribution in [0.15, 0.2) is 158 Å². The molecule has 0 spiro atoms. The van der Waals surface area contributed by atoms with Gasteiger partial charge in [0.25, 0.3) is 0 Å². The fourth-order valence-electron chi connectivity index (χ4n) is 8.18. The minimum atomic E-state index is 0.279. The Balaban J connectivity index is 1.02. The fraction of sp³-hybridized carbons (Fsp3) is 0.0870. The summed E-state index contributed by atoms with van der Waals surface area (Å²) in [5, 5.41) is 0. The van der Waals surface area contributed by atoms with E-state index in [1.807, 2.05) is 0 Å². The van der Waals surface area contributed by atoms with Gasteiger partial charge < -0.3 is 0 Å². The van der Waals surface area contributed by atoms with Gasteiger partial charge in [0.15, 0.2) is 0 Å². The second-order valence-corrected chi connectivity index (χ2v) is 12.9. The van der Waals surface area contributed by atoms with Crippen LogP contribution in [0.2, 0.25) is 0 Å². The van der Waals surface area contributed by atoms with Gasteiger partial charge in [-0.2, -0.15) is 0 Å². The molecule has 0 saturated carbocycles. The van der Waals surface area contributed by atoms with Crippen LogP contribution in [0.1, 0.15) is 56.3 Å². The summed E-state index contributed by atoms with van der Waals surface area (Å²) in [7, 11) is 0. The zero-order valence-electron chi connectivity index (χ0n) is 26.2. The van der Waals surface area contributed by atoms with Crippen LogP contribution in [-0.4, -0.2) is 0 Å². The molecule has 46 heavy (non-hydrogen) atoms. The van der Waals surface area contributed by atoms with Crippen LogP contribution in [0.5, 0.6) is 0 Å². The average molecular weight is 587 g/mol. The summed E-state index contributed by atoms with van der Waals surface area (Å²) in [6, 6.07) is 58.8. The zero-order valence-corrected chi connectivity index (χ0v) is 26.2. The molecule has 2 aliphatic carbocycles. The van der Waals surface area contributed by atoms with Gasteiger partial charge in [-0.1, -0.05) is 158 Å². The lowest BCUT2D eigenvalue weighted by molar-refractivity contribution is 1.01. The third-order valence-corrected chi connectivity index (χ3v) is 10.3. The molecule has 0 N–H and O–H groups in total. The topological polar surface area (TPSA) is 0 Å². The van der Waals surface area contributed by atoms with E-state index < -0.39 is 0 Å². The van der Waals surface area contributed by atoms with E-state index in [1.165, 1.54) is 89.0 Å². The predicted octanol–water partition coefficient (Wildman–Crippen LogP) is 12.0. The molecule has 2 aliphatic rings. The van der Waals surface area contributed by atoms with E-state index in [4.69, 9.17) is 0 Å². The first-order valence-corrected chi connectivity index (χ1v) is 16.3. The Labute approximate surface area is 271 Å². The van der Waals surface area contributed by atoms with Crippen molar-refractivity contribution in [1.29, 1.82) is 0 Å². The highest BCUT2D eigenvalue weighted by atomic mass is 14.3. The molecule has 0 aromatic heterocycles. The normalized spacial score (nSPS) is 13.3. The van der Waals surface area contributed by atoms with Gasteiger partial charge in [-0.05, 0) is 103 Å². The lowest BCUT2D eigenvalue weighted by Crippen LogP contribution is -1.99. The van der Waals surface area contributed by atoms with Crippen molar-refractivity contribution >= 4 is 0 Å². The largest absolute Gasteiger partial charge is 0.0619 e. The van der Waals surface area contributed by atoms with Gasteiger partial charge in [0.05, 0.1) is 0 Å². The fourth-order valence-corrected chi connectivity index (χ4v) is 8.18. The highest BCUT2D eigenvalue weighted by molar-refractivity contribution is 5.83. The third kappa shape index (κ3) is 4.14. The molecular weight excluding hydrogens is 553 g/mol. The van der Waals surface area contributed by atoms with Crippen molar-refractivity contribution in [2.24, 2.45) is 0 Å². The Bertz CT molecular complexity index is 2010. The van der Waals surface area contributed by atoms with E-state index in [0.29, 0.717) is 0 Å². The molecule has 0 radical (unpaired) electrons. The van der Waals surface area contributed by atoms with Crippen LogP contribution in [0.4, 0.5) is 0 Å². The monoisotopic (exact) mass is 586 g/mol. The minimum absolute atomic E-state index is 0.279. The Hall–Kier alpha value is -5.46. The summed E-state index contributed by atoms with van der Waals surface area (Å²) in [5.74, 6) is 0.557. The van der Waals surface area contributed by atoms with Crippen LogP contribution in [0, 0.1) is 13.8 Å². The number of rotatable bonds is 4. The molecule has 0 nitrogen and oxygen atoms in total. The van der Waals surface area contributed by atoms with Gasteiger partial charge in [-0.15, -0.1) is 0 Å². The molecule has 0 unspecified atom stereocenters. The number of hydrogen-bond acceptors (Lipinski definition) is 0. The van der Waals surface area contributed by atoms with Gasteiger partial charge in [-0.25, -0.2) is 0 Å². The van der Waals surface area contributed by atoms with Crippen molar-refractivity contribution in [1.82, 2.24) is 0 Å². The van der Waals surface area contributed by atoms with E-state index in [9.17, 15) is 0 Å². The van der Waals surface area contributed by atoms with Gasteiger partial charge in [-0.3, -0.25) is 0 Å². The van der Waals surface area contributed by atoms with Crippen LogP contribution in [-0.2, 0) is 0 Å². The molecule has 7 aromatic carbocycles. The summed E-state index contributed by atoms with van der Waals surface area (Å²) in [5.41, 5.74) is 21.5. The lowest BCUT2D eigenvalue weighted by atomic mass is 9.86. The standard InChI is InChI=1S/C46H34/c1-29-27-44(32-21-25-34(26-22-32)46-41-17-9-5-13-37(41)38-14-6-10-18-42(38)46)30(2)28-43(29)31-19-23-33(24-20-31)45-39-15-7-3-11-35(39)36-12-4-8-16-40(36)45/h3-28,45-46H,1-2H3. The van der Waals surface area contributed by atoms with Crippen LogP contribution >= 0.6 is 0 Å². The first-order chi connectivity index (χ1) is 22.7. The maximum atomic E-state index is 2.37. The van der Waals surface area contributed by atoms with Crippen molar-refractivity contribution in [2.45, 2.75) is 25.7 Å². The van der Waals surface area contributed by atoms with E-state index in [-0.39, 0.29) is 11.8 Å². The molecule has 0 fully saturated rings.